The van der Waals surface area contributed by atoms with Gasteiger partial charge in [0.25, 0.3) is 0 Å². The Morgan fingerprint density at radius 3 is 2.92 bits per heavy atom. The number of aliphatic carboxylic acids is 1. The minimum atomic E-state index is -0.734. The summed E-state index contributed by atoms with van der Waals surface area (Å²) in [5.74, 6) is -0.734. The van der Waals surface area contributed by atoms with E-state index < -0.39 is 5.97 Å². The summed E-state index contributed by atoms with van der Waals surface area (Å²) in [5.41, 5.74) is 0.840. The highest BCUT2D eigenvalue weighted by atomic mass is 16.4. The van der Waals surface area contributed by atoms with Crippen LogP contribution in [0.4, 0.5) is 0 Å². The third kappa shape index (κ3) is 1.09. The third-order valence-corrected chi connectivity index (χ3v) is 2.42. The van der Waals surface area contributed by atoms with Crippen molar-refractivity contribution in [3.63, 3.8) is 0 Å². The van der Waals surface area contributed by atoms with Gasteiger partial charge in [0.15, 0.2) is 0 Å². The molecule has 2 N–H and O–H groups in total. The van der Waals surface area contributed by atoms with E-state index in [1.807, 2.05) is 6.07 Å². The van der Waals surface area contributed by atoms with Gasteiger partial charge in [0.05, 0.1) is 6.42 Å². The molecule has 0 amide bonds. The van der Waals surface area contributed by atoms with Crippen LogP contribution in [0.15, 0.2) is 12.3 Å². The topological polar surface area (TPSA) is 66.0 Å². The molecule has 0 unspecified atom stereocenters. The van der Waals surface area contributed by atoms with E-state index in [0.717, 1.165) is 18.5 Å². The summed E-state index contributed by atoms with van der Waals surface area (Å²) in [6.07, 6.45) is 3.80. The Morgan fingerprint density at radius 1 is 1.75 bits per heavy atom. The molecule has 0 aromatic carbocycles. The fraction of sp³-hybridized carbons (Fsp3) is 0.500. The molecule has 0 saturated heterocycles. The number of carboxylic acids is 1. The van der Waals surface area contributed by atoms with Crippen molar-refractivity contribution in [3.05, 3.63) is 18.0 Å². The Labute approximate surface area is 69.6 Å². The summed E-state index contributed by atoms with van der Waals surface area (Å²) in [6, 6.07) is 1.86. The van der Waals surface area contributed by atoms with Crippen molar-refractivity contribution in [2.75, 3.05) is 0 Å². The van der Waals surface area contributed by atoms with E-state index in [9.17, 15) is 4.79 Å². The van der Waals surface area contributed by atoms with E-state index in [1.54, 1.807) is 6.20 Å². The molecule has 2 rings (SSSR count). The molecule has 12 heavy (non-hydrogen) atoms. The zero-order valence-electron chi connectivity index (χ0n) is 6.58. The van der Waals surface area contributed by atoms with Gasteiger partial charge < -0.3 is 5.11 Å². The van der Waals surface area contributed by atoms with Crippen molar-refractivity contribution in [3.8, 4) is 0 Å². The molecule has 1 heterocycles. The smallest absolute Gasteiger partial charge is 0.304 e. The maximum absolute atomic E-state index is 10.5. The second kappa shape index (κ2) is 2.33. The third-order valence-electron chi connectivity index (χ3n) is 2.42. The maximum atomic E-state index is 10.5. The molecule has 1 aliphatic rings. The molecule has 0 atom stereocenters. The molecule has 1 aliphatic carbocycles. The van der Waals surface area contributed by atoms with Crippen LogP contribution in [0.5, 0.6) is 0 Å². The van der Waals surface area contributed by atoms with Crippen LogP contribution >= 0.6 is 0 Å². The van der Waals surface area contributed by atoms with Gasteiger partial charge >= 0.3 is 5.97 Å². The lowest BCUT2D eigenvalue weighted by Gasteiger charge is -2.08. The molecule has 4 heteroatoms. The van der Waals surface area contributed by atoms with Crippen molar-refractivity contribution in [1.29, 1.82) is 0 Å². The molecule has 1 aromatic rings. The van der Waals surface area contributed by atoms with E-state index in [0.29, 0.717) is 0 Å². The van der Waals surface area contributed by atoms with Gasteiger partial charge in [-0.05, 0) is 18.9 Å². The number of hydrogen-bond acceptors (Lipinski definition) is 2. The van der Waals surface area contributed by atoms with Gasteiger partial charge in [0.2, 0.25) is 0 Å². The van der Waals surface area contributed by atoms with Crippen molar-refractivity contribution in [2.45, 2.75) is 24.7 Å². The van der Waals surface area contributed by atoms with Crippen LogP contribution in [0, 0.1) is 0 Å². The summed E-state index contributed by atoms with van der Waals surface area (Å²) < 4.78 is 0. The van der Waals surface area contributed by atoms with Crippen LogP contribution in [0.1, 0.15) is 25.0 Å². The first-order valence-corrected chi connectivity index (χ1v) is 3.95. The van der Waals surface area contributed by atoms with Gasteiger partial charge in [-0.2, -0.15) is 5.10 Å². The SMILES string of the molecule is O=C(O)CC1(c2ccn[nH]2)CC1. The Morgan fingerprint density at radius 2 is 2.50 bits per heavy atom. The lowest BCUT2D eigenvalue weighted by molar-refractivity contribution is -0.137. The minimum absolute atomic E-state index is 0.123. The minimum Gasteiger partial charge on any atom is -0.481 e. The van der Waals surface area contributed by atoms with E-state index in [2.05, 4.69) is 10.2 Å². The molecule has 64 valence electrons. The van der Waals surface area contributed by atoms with E-state index in [-0.39, 0.29) is 11.8 Å². The first-order valence-electron chi connectivity index (χ1n) is 3.95. The largest absolute Gasteiger partial charge is 0.481 e. The van der Waals surface area contributed by atoms with Crippen LogP contribution < -0.4 is 0 Å². The monoisotopic (exact) mass is 166 g/mol. The standard InChI is InChI=1S/C8H10N2O2/c11-7(12)5-8(2-3-8)6-1-4-9-10-6/h1,4H,2-3,5H2,(H,9,10)(H,11,12). The Hall–Kier alpha value is -1.32. The number of nitrogens with zero attached hydrogens (tertiary/aromatic N) is 1. The average molecular weight is 166 g/mol. The summed E-state index contributed by atoms with van der Waals surface area (Å²) in [6.45, 7) is 0. The van der Waals surface area contributed by atoms with Gasteiger partial charge in [0.1, 0.15) is 0 Å². The number of carboxylic acid groups (broad SMARTS) is 1. The lowest BCUT2D eigenvalue weighted by Crippen LogP contribution is -2.13. The number of H-pyrrole nitrogens is 1. The number of nitrogens with one attached hydrogen (secondary N) is 1. The van der Waals surface area contributed by atoms with E-state index >= 15 is 0 Å². The molecule has 4 nitrogen and oxygen atoms in total. The van der Waals surface area contributed by atoms with Crippen LogP contribution in [-0.4, -0.2) is 21.3 Å². The number of aromatic nitrogens is 2. The van der Waals surface area contributed by atoms with E-state index in [1.165, 1.54) is 0 Å². The van der Waals surface area contributed by atoms with Crippen molar-refractivity contribution >= 4 is 5.97 Å². The second-order valence-electron chi connectivity index (χ2n) is 3.32. The molecule has 0 bridgehead atoms. The fourth-order valence-electron chi connectivity index (χ4n) is 1.53. The van der Waals surface area contributed by atoms with Crippen molar-refractivity contribution < 1.29 is 9.90 Å². The predicted octanol–water partition coefficient (Wildman–Crippen LogP) is 0.916. The number of hydrogen-bond donors (Lipinski definition) is 2. The zero-order chi connectivity index (χ0) is 8.60. The van der Waals surface area contributed by atoms with Crippen LogP contribution in [0.25, 0.3) is 0 Å². The molecule has 1 saturated carbocycles. The fourth-order valence-corrected chi connectivity index (χ4v) is 1.53. The van der Waals surface area contributed by atoms with Crippen LogP contribution in [0.3, 0.4) is 0 Å². The second-order valence-corrected chi connectivity index (χ2v) is 3.32. The first kappa shape index (κ1) is 7.34. The molecule has 1 aromatic heterocycles. The Kier molecular flexibility index (Phi) is 1.43. The molecule has 1 fully saturated rings. The first-order chi connectivity index (χ1) is 5.73. The summed E-state index contributed by atoms with van der Waals surface area (Å²) in [7, 11) is 0. The molecular weight excluding hydrogens is 156 g/mol. The van der Waals surface area contributed by atoms with Gasteiger partial charge in [-0.1, -0.05) is 0 Å². The molecule has 0 radical (unpaired) electrons. The van der Waals surface area contributed by atoms with Crippen molar-refractivity contribution in [1.82, 2.24) is 10.2 Å². The lowest BCUT2D eigenvalue weighted by atomic mass is 9.99. The maximum Gasteiger partial charge on any atom is 0.304 e. The summed E-state index contributed by atoms with van der Waals surface area (Å²) >= 11 is 0. The van der Waals surface area contributed by atoms with Crippen LogP contribution in [0.2, 0.25) is 0 Å². The normalized spacial score (nSPS) is 19.0. The van der Waals surface area contributed by atoms with Gasteiger partial charge in [0, 0.05) is 17.3 Å². The highest BCUT2D eigenvalue weighted by molar-refractivity contribution is 5.69. The number of carbonyl (C=O) groups is 1. The van der Waals surface area contributed by atoms with Gasteiger partial charge in [-0.25, -0.2) is 0 Å². The zero-order valence-corrected chi connectivity index (χ0v) is 6.58. The molecular formula is C8H10N2O2. The predicted molar refractivity (Wildman–Crippen MR) is 41.8 cm³/mol. The number of rotatable bonds is 3. The number of aromatic amines is 1. The van der Waals surface area contributed by atoms with Crippen LogP contribution in [-0.2, 0) is 10.2 Å². The van der Waals surface area contributed by atoms with E-state index in [4.69, 9.17) is 5.11 Å². The molecule has 0 spiro atoms. The van der Waals surface area contributed by atoms with Gasteiger partial charge in [-0.3, -0.25) is 9.89 Å². The Bertz CT molecular complexity index is 288. The highest BCUT2D eigenvalue weighted by Crippen LogP contribution is 2.49. The van der Waals surface area contributed by atoms with Crippen molar-refractivity contribution in [2.24, 2.45) is 0 Å². The summed E-state index contributed by atoms with van der Waals surface area (Å²) in [4.78, 5) is 10.5. The molecule has 0 aliphatic heterocycles. The van der Waals surface area contributed by atoms with Gasteiger partial charge in [-0.15, -0.1) is 0 Å². The average Bonchev–Trinajstić information content (AvgIpc) is 2.61. The Balaban J connectivity index is 2.17. The quantitative estimate of drug-likeness (QED) is 0.701. The summed E-state index contributed by atoms with van der Waals surface area (Å²) in [5, 5.41) is 15.3. The highest BCUT2D eigenvalue weighted by Gasteiger charge is 2.47.